The molecular weight excluding hydrogens is 400 g/mol. The lowest BCUT2D eigenvalue weighted by atomic mass is 10.1. The first kappa shape index (κ1) is 19.5. The fourth-order valence-electron chi connectivity index (χ4n) is 3.50. The molecule has 6 nitrogen and oxygen atoms in total. The molecule has 154 valence electrons. The second kappa shape index (κ2) is 7.22. The van der Waals surface area contributed by atoms with Crippen molar-refractivity contribution in [3.63, 3.8) is 0 Å². The topological polar surface area (TPSA) is 86.3 Å². The quantitative estimate of drug-likeness (QED) is 0.596. The zero-order valence-electron chi connectivity index (χ0n) is 15.7. The number of nitrogens with two attached hydrogens (primary N) is 1. The summed E-state index contributed by atoms with van der Waals surface area (Å²) >= 11 is 0. The second-order valence-corrected chi connectivity index (χ2v) is 9.07. The van der Waals surface area contributed by atoms with Gasteiger partial charge in [0.25, 0.3) is 0 Å². The number of fused-ring (bicyclic) bond motifs is 1. The minimum atomic E-state index is -3.37. The van der Waals surface area contributed by atoms with Gasteiger partial charge in [-0.25, -0.2) is 8.42 Å². The van der Waals surface area contributed by atoms with Gasteiger partial charge in [-0.3, -0.25) is 4.72 Å². The predicted molar refractivity (Wildman–Crippen MR) is 110 cm³/mol. The van der Waals surface area contributed by atoms with E-state index in [1.165, 1.54) is 6.07 Å². The lowest BCUT2D eigenvalue weighted by Gasteiger charge is -2.12. The van der Waals surface area contributed by atoms with Gasteiger partial charge in [0.05, 0.1) is 23.2 Å². The van der Waals surface area contributed by atoms with Crippen LogP contribution < -0.4 is 15.2 Å². The van der Waals surface area contributed by atoms with Crippen LogP contribution in [0.2, 0.25) is 0 Å². The summed E-state index contributed by atoms with van der Waals surface area (Å²) in [5.41, 5.74) is 9.77. The van der Waals surface area contributed by atoms with Crippen molar-refractivity contribution in [2.45, 2.75) is 26.0 Å². The standard InChI is InChI=1S/C20H21F2N3O3S/c1-29(26,27)24-14-6-4-13(5-7-14)19-18(23)16-9-8-15(28-20(21)22)10-17(16)25(19)11-12-2-3-12/h4-10,12,20,24H,2-3,11,23H2,1H3. The van der Waals surface area contributed by atoms with E-state index >= 15 is 0 Å². The molecule has 3 aromatic rings. The highest BCUT2D eigenvalue weighted by molar-refractivity contribution is 7.92. The van der Waals surface area contributed by atoms with E-state index in [9.17, 15) is 17.2 Å². The van der Waals surface area contributed by atoms with Crippen molar-refractivity contribution < 1.29 is 21.9 Å². The van der Waals surface area contributed by atoms with Gasteiger partial charge < -0.3 is 15.0 Å². The molecule has 4 rings (SSSR count). The number of aromatic nitrogens is 1. The van der Waals surface area contributed by atoms with E-state index in [-0.39, 0.29) is 5.75 Å². The molecule has 0 saturated heterocycles. The molecular formula is C20H21F2N3O3S. The molecule has 1 aromatic heterocycles. The van der Waals surface area contributed by atoms with Crippen LogP contribution in [0.25, 0.3) is 22.2 Å². The summed E-state index contributed by atoms with van der Waals surface area (Å²) in [6.07, 6.45) is 3.32. The van der Waals surface area contributed by atoms with E-state index < -0.39 is 16.6 Å². The van der Waals surface area contributed by atoms with Crippen molar-refractivity contribution in [3.8, 4) is 17.0 Å². The van der Waals surface area contributed by atoms with E-state index in [0.29, 0.717) is 17.3 Å². The van der Waals surface area contributed by atoms with Gasteiger partial charge in [0, 0.05) is 29.2 Å². The maximum absolute atomic E-state index is 12.6. The number of nitrogen functional groups attached to an aromatic ring is 1. The Kier molecular flexibility index (Phi) is 4.85. The lowest BCUT2D eigenvalue weighted by Crippen LogP contribution is -2.09. The molecule has 0 atom stereocenters. The molecule has 1 aliphatic carbocycles. The summed E-state index contributed by atoms with van der Waals surface area (Å²) in [6, 6.07) is 11.7. The zero-order valence-corrected chi connectivity index (χ0v) is 16.5. The Balaban J connectivity index is 1.81. The maximum Gasteiger partial charge on any atom is 0.387 e. The first-order valence-electron chi connectivity index (χ1n) is 9.16. The number of sulfonamides is 1. The molecule has 1 saturated carbocycles. The average molecular weight is 421 g/mol. The summed E-state index contributed by atoms with van der Waals surface area (Å²) in [5.74, 6) is 0.607. The Morgan fingerprint density at radius 3 is 2.48 bits per heavy atom. The summed E-state index contributed by atoms with van der Waals surface area (Å²) in [6.45, 7) is -2.17. The third-order valence-corrected chi connectivity index (χ3v) is 5.51. The van der Waals surface area contributed by atoms with Crippen LogP contribution in [0.1, 0.15) is 12.8 Å². The highest BCUT2D eigenvalue weighted by Crippen LogP contribution is 2.41. The van der Waals surface area contributed by atoms with Crippen LogP contribution in [0, 0.1) is 5.92 Å². The minimum absolute atomic E-state index is 0.0845. The number of hydrogen-bond acceptors (Lipinski definition) is 4. The molecule has 0 spiro atoms. The van der Waals surface area contributed by atoms with Crippen molar-refractivity contribution in [2.75, 3.05) is 16.7 Å². The maximum atomic E-state index is 12.6. The molecule has 0 bridgehead atoms. The Morgan fingerprint density at radius 1 is 1.21 bits per heavy atom. The Labute approximate surface area is 167 Å². The third-order valence-electron chi connectivity index (χ3n) is 4.90. The van der Waals surface area contributed by atoms with Gasteiger partial charge in [0.2, 0.25) is 10.0 Å². The molecule has 0 radical (unpaired) electrons. The Hall–Kier alpha value is -2.81. The molecule has 9 heteroatoms. The van der Waals surface area contributed by atoms with E-state index in [0.717, 1.165) is 47.8 Å². The third kappa shape index (κ3) is 4.29. The average Bonchev–Trinajstić information content (AvgIpc) is 3.40. The number of nitrogens with one attached hydrogen (secondary N) is 1. The van der Waals surface area contributed by atoms with Gasteiger partial charge in [0.15, 0.2) is 0 Å². The molecule has 2 aromatic carbocycles. The number of ether oxygens (including phenoxy) is 1. The molecule has 1 heterocycles. The first-order valence-corrected chi connectivity index (χ1v) is 11.0. The van der Waals surface area contributed by atoms with Gasteiger partial charge in [-0.05, 0) is 43.0 Å². The van der Waals surface area contributed by atoms with Crippen molar-refractivity contribution in [1.29, 1.82) is 0 Å². The normalized spacial score (nSPS) is 14.5. The molecule has 1 fully saturated rings. The van der Waals surface area contributed by atoms with Crippen LogP contribution in [-0.4, -0.2) is 25.9 Å². The minimum Gasteiger partial charge on any atom is -0.435 e. The highest BCUT2D eigenvalue weighted by Gasteiger charge is 2.26. The number of anilines is 2. The lowest BCUT2D eigenvalue weighted by molar-refractivity contribution is -0.0497. The smallest absolute Gasteiger partial charge is 0.387 e. The van der Waals surface area contributed by atoms with Crippen molar-refractivity contribution >= 4 is 32.3 Å². The van der Waals surface area contributed by atoms with Crippen molar-refractivity contribution in [2.24, 2.45) is 5.92 Å². The first-order chi connectivity index (χ1) is 13.7. The number of rotatable bonds is 7. The van der Waals surface area contributed by atoms with Crippen LogP contribution >= 0.6 is 0 Å². The van der Waals surface area contributed by atoms with E-state index in [1.54, 1.807) is 36.4 Å². The van der Waals surface area contributed by atoms with Crippen molar-refractivity contribution in [3.05, 3.63) is 42.5 Å². The monoisotopic (exact) mass is 421 g/mol. The van der Waals surface area contributed by atoms with E-state index in [2.05, 4.69) is 9.46 Å². The molecule has 29 heavy (non-hydrogen) atoms. The molecule has 0 aliphatic heterocycles. The van der Waals surface area contributed by atoms with Gasteiger partial charge in [-0.1, -0.05) is 12.1 Å². The predicted octanol–water partition coefficient (Wildman–Crippen LogP) is 4.27. The second-order valence-electron chi connectivity index (χ2n) is 7.33. The molecule has 0 amide bonds. The van der Waals surface area contributed by atoms with Crippen molar-refractivity contribution in [1.82, 2.24) is 4.57 Å². The highest BCUT2D eigenvalue weighted by atomic mass is 32.2. The molecule has 0 unspecified atom stereocenters. The number of hydrogen-bond donors (Lipinski definition) is 2. The van der Waals surface area contributed by atoms with Gasteiger partial charge in [-0.15, -0.1) is 0 Å². The summed E-state index contributed by atoms with van der Waals surface area (Å²) in [7, 11) is -3.37. The summed E-state index contributed by atoms with van der Waals surface area (Å²) in [4.78, 5) is 0. The van der Waals surface area contributed by atoms with E-state index in [1.807, 2.05) is 4.57 Å². The molecule has 3 N–H and O–H groups in total. The Morgan fingerprint density at radius 2 is 1.90 bits per heavy atom. The van der Waals surface area contributed by atoms with Crippen LogP contribution in [0.15, 0.2) is 42.5 Å². The fraction of sp³-hybridized carbons (Fsp3) is 0.300. The van der Waals surface area contributed by atoms with Crippen LogP contribution in [-0.2, 0) is 16.6 Å². The van der Waals surface area contributed by atoms with E-state index in [4.69, 9.17) is 5.73 Å². The summed E-state index contributed by atoms with van der Waals surface area (Å²) in [5, 5.41) is 0.764. The number of halogens is 2. The SMILES string of the molecule is CS(=O)(=O)Nc1ccc(-c2c(N)c3ccc(OC(F)F)cc3n2CC2CC2)cc1. The number of benzene rings is 2. The summed E-state index contributed by atoms with van der Waals surface area (Å²) < 4.78 is 57.2. The van der Waals surface area contributed by atoms with Crippen LogP contribution in [0.4, 0.5) is 20.2 Å². The number of nitrogens with zero attached hydrogens (tertiary/aromatic N) is 1. The van der Waals surface area contributed by atoms with Gasteiger partial charge in [0.1, 0.15) is 5.75 Å². The largest absolute Gasteiger partial charge is 0.435 e. The molecule has 1 aliphatic rings. The van der Waals surface area contributed by atoms with Crippen LogP contribution in [0.3, 0.4) is 0 Å². The Bertz CT molecular complexity index is 1150. The van der Waals surface area contributed by atoms with Gasteiger partial charge >= 0.3 is 6.61 Å². The fourth-order valence-corrected chi connectivity index (χ4v) is 4.07. The van der Waals surface area contributed by atoms with Crippen LogP contribution in [0.5, 0.6) is 5.75 Å². The zero-order chi connectivity index (χ0) is 20.8. The number of alkyl halides is 2. The van der Waals surface area contributed by atoms with Gasteiger partial charge in [-0.2, -0.15) is 8.78 Å².